The van der Waals surface area contributed by atoms with Crippen LogP contribution in [0.1, 0.15) is 11.1 Å². The van der Waals surface area contributed by atoms with Crippen LogP contribution in [0.4, 0.5) is 0 Å². The molecule has 25 heavy (non-hydrogen) atoms. The highest BCUT2D eigenvalue weighted by molar-refractivity contribution is 9.10. The summed E-state index contributed by atoms with van der Waals surface area (Å²) in [5.41, 5.74) is 2.44. The highest BCUT2D eigenvalue weighted by Gasteiger charge is 2.14. The summed E-state index contributed by atoms with van der Waals surface area (Å²) in [7, 11) is 1.73. The summed E-state index contributed by atoms with van der Waals surface area (Å²) in [4.78, 5) is 31.0. The van der Waals surface area contributed by atoms with Gasteiger partial charge in [0, 0.05) is 18.1 Å². The standard InChI is InChI=1S/C19H18BrN3O2/c1-13-6-5-8-15-18(13)21-12-23(19(15)25)11-17(24)22(2)10-14-7-3-4-9-16(14)20/h3-9,12H,10-11H2,1-2H3. The van der Waals surface area contributed by atoms with Gasteiger partial charge in [-0.25, -0.2) is 4.98 Å². The van der Waals surface area contributed by atoms with E-state index in [0.29, 0.717) is 17.4 Å². The van der Waals surface area contributed by atoms with Crippen molar-refractivity contribution >= 4 is 32.7 Å². The fourth-order valence-corrected chi connectivity index (χ4v) is 3.10. The molecule has 1 aromatic heterocycles. The summed E-state index contributed by atoms with van der Waals surface area (Å²) in [5, 5.41) is 0.531. The topological polar surface area (TPSA) is 55.2 Å². The van der Waals surface area contributed by atoms with E-state index >= 15 is 0 Å². The van der Waals surface area contributed by atoms with E-state index in [-0.39, 0.29) is 18.0 Å². The summed E-state index contributed by atoms with van der Waals surface area (Å²) >= 11 is 3.48. The summed E-state index contributed by atoms with van der Waals surface area (Å²) < 4.78 is 2.32. The molecule has 128 valence electrons. The predicted octanol–water partition coefficient (Wildman–Crippen LogP) is 3.13. The average molecular weight is 400 g/mol. The van der Waals surface area contributed by atoms with Gasteiger partial charge in [-0.1, -0.05) is 46.3 Å². The predicted molar refractivity (Wildman–Crippen MR) is 101 cm³/mol. The lowest BCUT2D eigenvalue weighted by Gasteiger charge is -2.18. The Kier molecular flexibility index (Phi) is 4.99. The third-order valence-corrected chi connectivity index (χ3v) is 4.93. The zero-order valence-electron chi connectivity index (χ0n) is 14.1. The second kappa shape index (κ2) is 7.19. The molecule has 6 heteroatoms. The number of halogens is 1. The van der Waals surface area contributed by atoms with Gasteiger partial charge >= 0.3 is 0 Å². The molecule has 1 heterocycles. The zero-order valence-corrected chi connectivity index (χ0v) is 15.7. The Hall–Kier alpha value is -2.47. The SMILES string of the molecule is Cc1cccc2c(=O)n(CC(=O)N(C)Cc3ccccc3Br)cnc12. The molecule has 0 spiro atoms. The first-order valence-electron chi connectivity index (χ1n) is 7.89. The molecule has 3 aromatic rings. The Morgan fingerprint density at radius 2 is 1.96 bits per heavy atom. The van der Waals surface area contributed by atoms with Crippen LogP contribution in [-0.2, 0) is 17.9 Å². The number of carbonyl (C=O) groups is 1. The lowest BCUT2D eigenvalue weighted by molar-refractivity contribution is -0.131. The van der Waals surface area contributed by atoms with Crippen molar-refractivity contribution in [3.8, 4) is 0 Å². The van der Waals surface area contributed by atoms with E-state index in [1.807, 2.05) is 43.3 Å². The molecule has 1 amide bonds. The van der Waals surface area contributed by atoms with Crippen LogP contribution in [0.15, 0.2) is 58.1 Å². The molecule has 0 aliphatic carbocycles. The molecule has 3 rings (SSSR count). The van der Waals surface area contributed by atoms with Crippen LogP contribution in [0, 0.1) is 6.92 Å². The summed E-state index contributed by atoms with van der Waals surface area (Å²) in [6.07, 6.45) is 1.45. The monoisotopic (exact) mass is 399 g/mol. The van der Waals surface area contributed by atoms with Crippen LogP contribution in [0.5, 0.6) is 0 Å². The molecule has 5 nitrogen and oxygen atoms in total. The normalized spacial score (nSPS) is 10.8. The van der Waals surface area contributed by atoms with Crippen molar-refractivity contribution in [2.24, 2.45) is 0 Å². The lowest BCUT2D eigenvalue weighted by Crippen LogP contribution is -2.33. The van der Waals surface area contributed by atoms with E-state index in [2.05, 4.69) is 20.9 Å². The smallest absolute Gasteiger partial charge is 0.261 e. The molecule has 0 radical (unpaired) electrons. The Balaban J connectivity index is 1.81. The van der Waals surface area contributed by atoms with Crippen molar-refractivity contribution in [2.75, 3.05) is 7.05 Å². The first kappa shape index (κ1) is 17.4. The van der Waals surface area contributed by atoms with Crippen LogP contribution in [-0.4, -0.2) is 27.4 Å². The molecule has 0 unspecified atom stereocenters. The molecule has 0 fully saturated rings. The third-order valence-electron chi connectivity index (χ3n) is 4.15. The van der Waals surface area contributed by atoms with E-state index in [4.69, 9.17) is 0 Å². The number of rotatable bonds is 4. The molecule has 0 aliphatic heterocycles. The van der Waals surface area contributed by atoms with Crippen molar-refractivity contribution < 1.29 is 4.79 Å². The minimum Gasteiger partial charge on any atom is -0.340 e. The van der Waals surface area contributed by atoms with Crippen molar-refractivity contribution in [3.63, 3.8) is 0 Å². The summed E-state index contributed by atoms with van der Waals surface area (Å²) in [6.45, 7) is 2.35. The largest absolute Gasteiger partial charge is 0.340 e. The van der Waals surface area contributed by atoms with Gasteiger partial charge in [0.2, 0.25) is 5.91 Å². The van der Waals surface area contributed by atoms with Crippen LogP contribution in [0.2, 0.25) is 0 Å². The number of carbonyl (C=O) groups excluding carboxylic acids is 1. The number of benzene rings is 2. The van der Waals surface area contributed by atoms with Gasteiger partial charge in [-0.2, -0.15) is 0 Å². The van der Waals surface area contributed by atoms with E-state index in [1.54, 1.807) is 18.0 Å². The first-order chi connectivity index (χ1) is 12.0. The third kappa shape index (κ3) is 3.64. The number of fused-ring (bicyclic) bond motifs is 1. The quantitative estimate of drug-likeness (QED) is 0.676. The molecule has 0 N–H and O–H groups in total. The van der Waals surface area contributed by atoms with Gasteiger partial charge in [0.1, 0.15) is 6.54 Å². The maximum absolute atomic E-state index is 12.6. The van der Waals surface area contributed by atoms with Crippen molar-refractivity contribution in [1.29, 1.82) is 0 Å². The van der Waals surface area contributed by atoms with Gasteiger partial charge in [-0.3, -0.25) is 14.2 Å². The van der Waals surface area contributed by atoms with E-state index in [1.165, 1.54) is 10.9 Å². The number of nitrogens with zero attached hydrogens (tertiary/aromatic N) is 3. The van der Waals surface area contributed by atoms with Gasteiger partial charge in [0.15, 0.2) is 0 Å². The Labute approximate surface area is 154 Å². The van der Waals surface area contributed by atoms with Gasteiger partial charge in [-0.05, 0) is 30.2 Å². The molecule has 0 saturated carbocycles. The first-order valence-corrected chi connectivity index (χ1v) is 8.69. The lowest BCUT2D eigenvalue weighted by atomic mass is 10.1. The van der Waals surface area contributed by atoms with E-state index in [9.17, 15) is 9.59 Å². The van der Waals surface area contributed by atoms with Crippen molar-refractivity contribution in [1.82, 2.24) is 14.5 Å². The minimum atomic E-state index is -0.198. The fraction of sp³-hybridized carbons (Fsp3) is 0.211. The summed E-state index contributed by atoms with van der Waals surface area (Å²) in [6, 6.07) is 13.2. The van der Waals surface area contributed by atoms with Gasteiger partial charge < -0.3 is 4.90 Å². The number of aryl methyl sites for hydroxylation is 1. The second-order valence-electron chi connectivity index (χ2n) is 5.99. The van der Waals surface area contributed by atoms with Gasteiger partial charge in [-0.15, -0.1) is 0 Å². The fourth-order valence-electron chi connectivity index (χ4n) is 2.69. The van der Waals surface area contributed by atoms with Crippen LogP contribution in [0.25, 0.3) is 10.9 Å². The van der Waals surface area contributed by atoms with Crippen LogP contribution < -0.4 is 5.56 Å². The highest BCUT2D eigenvalue weighted by atomic mass is 79.9. The van der Waals surface area contributed by atoms with Crippen LogP contribution >= 0.6 is 15.9 Å². The van der Waals surface area contributed by atoms with Gasteiger partial charge in [0.25, 0.3) is 5.56 Å². The molecular weight excluding hydrogens is 382 g/mol. The second-order valence-corrected chi connectivity index (χ2v) is 6.84. The summed E-state index contributed by atoms with van der Waals surface area (Å²) in [5.74, 6) is -0.147. The molecule has 0 aliphatic rings. The minimum absolute atomic E-state index is 0.0311. The van der Waals surface area contributed by atoms with E-state index in [0.717, 1.165) is 15.6 Å². The molecular formula is C19H18BrN3O2. The molecule has 0 atom stereocenters. The Morgan fingerprint density at radius 3 is 2.72 bits per heavy atom. The van der Waals surface area contributed by atoms with Crippen molar-refractivity contribution in [3.05, 3.63) is 74.7 Å². The number of hydrogen-bond acceptors (Lipinski definition) is 3. The van der Waals surface area contributed by atoms with Gasteiger partial charge in [0.05, 0.1) is 17.2 Å². The maximum Gasteiger partial charge on any atom is 0.261 e. The number of likely N-dealkylation sites (N-methyl/N-ethyl adjacent to an activating group) is 1. The molecule has 2 aromatic carbocycles. The molecule has 0 bridgehead atoms. The average Bonchev–Trinajstić information content (AvgIpc) is 2.60. The Bertz CT molecular complexity index is 997. The number of hydrogen-bond donors (Lipinski definition) is 0. The number of para-hydroxylation sites is 1. The van der Waals surface area contributed by atoms with E-state index < -0.39 is 0 Å². The molecule has 0 saturated heterocycles. The Morgan fingerprint density at radius 1 is 1.20 bits per heavy atom. The number of aromatic nitrogens is 2. The maximum atomic E-state index is 12.6. The van der Waals surface area contributed by atoms with Crippen LogP contribution in [0.3, 0.4) is 0 Å². The zero-order chi connectivity index (χ0) is 18.0. The number of amides is 1. The highest BCUT2D eigenvalue weighted by Crippen LogP contribution is 2.17. The van der Waals surface area contributed by atoms with Crippen molar-refractivity contribution in [2.45, 2.75) is 20.0 Å².